The van der Waals surface area contributed by atoms with Gasteiger partial charge in [-0.2, -0.15) is 0 Å². The predicted molar refractivity (Wildman–Crippen MR) is 66.3 cm³/mol. The summed E-state index contributed by atoms with van der Waals surface area (Å²) in [5.74, 6) is 0.287. The Kier molecular flexibility index (Phi) is 5.41. The minimum absolute atomic E-state index is 0.0642. The fraction of sp³-hybridized carbons (Fsp3) is 0.833. The molecule has 1 aliphatic rings. The van der Waals surface area contributed by atoms with Crippen molar-refractivity contribution in [2.45, 2.75) is 39.2 Å². The number of rotatable bonds is 4. The van der Waals surface area contributed by atoms with Gasteiger partial charge in [-0.1, -0.05) is 0 Å². The number of piperidine rings is 1. The van der Waals surface area contributed by atoms with Gasteiger partial charge in [-0.3, -0.25) is 9.59 Å². The second-order valence-electron chi connectivity index (χ2n) is 4.73. The highest BCUT2D eigenvalue weighted by atomic mass is 16.2. The first-order valence-corrected chi connectivity index (χ1v) is 6.35. The molecule has 17 heavy (non-hydrogen) atoms. The fourth-order valence-electron chi connectivity index (χ4n) is 2.11. The zero-order valence-electron chi connectivity index (χ0n) is 10.7. The van der Waals surface area contributed by atoms with Crippen molar-refractivity contribution >= 4 is 11.8 Å². The molecule has 1 rings (SSSR count). The van der Waals surface area contributed by atoms with Crippen LogP contribution in [-0.2, 0) is 9.59 Å². The van der Waals surface area contributed by atoms with Gasteiger partial charge in [0.1, 0.15) is 0 Å². The Labute approximate surface area is 103 Å². The minimum Gasteiger partial charge on any atom is -0.356 e. The van der Waals surface area contributed by atoms with Crippen LogP contribution in [0.15, 0.2) is 0 Å². The largest absolute Gasteiger partial charge is 0.356 e. The van der Waals surface area contributed by atoms with Gasteiger partial charge < -0.3 is 16.0 Å². The SMILES string of the molecule is CCNC(=O)C1CCN(C(=O)CC(C)N)CC1. The molecule has 0 radical (unpaired) electrons. The van der Waals surface area contributed by atoms with E-state index in [1.54, 1.807) is 0 Å². The van der Waals surface area contributed by atoms with Crippen LogP contribution in [0.4, 0.5) is 0 Å². The average Bonchev–Trinajstić information content (AvgIpc) is 2.28. The monoisotopic (exact) mass is 241 g/mol. The molecule has 3 N–H and O–H groups in total. The molecule has 0 aliphatic carbocycles. The van der Waals surface area contributed by atoms with Crippen LogP contribution in [0.25, 0.3) is 0 Å². The maximum absolute atomic E-state index is 11.8. The standard InChI is InChI=1S/C12H23N3O2/c1-3-14-12(17)10-4-6-15(7-5-10)11(16)8-9(2)13/h9-10H,3-8,13H2,1-2H3,(H,14,17). The van der Waals surface area contributed by atoms with Crippen LogP contribution in [-0.4, -0.2) is 42.4 Å². The van der Waals surface area contributed by atoms with E-state index in [1.165, 1.54) is 0 Å². The molecule has 0 saturated carbocycles. The smallest absolute Gasteiger partial charge is 0.224 e. The first-order chi connectivity index (χ1) is 8.04. The maximum Gasteiger partial charge on any atom is 0.224 e. The second kappa shape index (κ2) is 6.59. The molecule has 0 aromatic rings. The Morgan fingerprint density at radius 3 is 2.47 bits per heavy atom. The van der Waals surface area contributed by atoms with Gasteiger partial charge in [-0.15, -0.1) is 0 Å². The number of nitrogens with zero attached hydrogens (tertiary/aromatic N) is 1. The fourth-order valence-corrected chi connectivity index (χ4v) is 2.11. The summed E-state index contributed by atoms with van der Waals surface area (Å²) in [5.41, 5.74) is 5.60. The molecule has 0 spiro atoms. The number of nitrogens with two attached hydrogens (primary N) is 1. The summed E-state index contributed by atoms with van der Waals surface area (Å²) in [6.45, 7) is 5.77. The Morgan fingerprint density at radius 2 is 2.00 bits per heavy atom. The Hall–Kier alpha value is -1.10. The molecular weight excluding hydrogens is 218 g/mol. The van der Waals surface area contributed by atoms with Crippen LogP contribution < -0.4 is 11.1 Å². The Balaban J connectivity index is 2.35. The molecule has 98 valence electrons. The lowest BCUT2D eigenvalue weighted by Gasteiger charge is -2.31. The highest BCUT2D eigenvalue weighted by molar-refractivity contribution is 5.80. The molecule has 0 aromatic carbocycles. The zero-order chi connectivity index (χ0) is 12.8. The van der Waals surface area contributed by atoms with E-state index in [-0.39, 0.29) is 23.8 Å². The van der Waals surface area contributed by atoms with Crippen LogP contribution >= 0.6 is 0 Å². The van der Waals surface area contributed by atoms with Crippen molar-refractivity contribution in [2.24, 2.45) is 11.7 Å². The van der Waals surface area contributed by atoms with Gasteiger partial charge in [0.25, 0.3) is 0 Å². The molecular formula is C12H23N3O2. The van der Waals surface area contributed by atoms with E-state index < -0.39 is 0 Å². The molecule has 0 bridgehead atoms. The first kappa shape index (κ1) is 14.0. The molecule has 1 aliphatic heterocycles. The number of amides is 2. The highest BCUT2D eigenvalue weighted by Gasteiger charge is 2.26. The number of hydrogen-bond acceptors (Lipinski definition) is 3. The molecule has 1 atom stereocenters. The van der Waals surface area contributed by atoms with Crippen molar-refractivity contribution in [1.29, 1.82) is 0 Å². The lowest BCUT2D eigenvalue weighted by molar-refractivity contribution is -0.135. The molecule has 0 aromatic heterocycles. The summed E-state index contributed by atoms with van der Waals surface area (Å²) in [7, 11) is 0. The van der Waals surface area contributed by atoms with Gasteiger partial charge >= 0.3 is 0 Å². The van der Waals surface area contributed by atoms with Crippen LogP contribution in [0.3, 0.4) is 0 Å². The average molecular weight is 241 g/mol. The summed E-state index contributed by atoms with van der Waals surface area (Å²) in [5, 5.41) is 2.83. The molecule has 1 fully saturated rings. The van der Waals surface area contributed by atoms with Gasteiger partial charge in [-0.25, -0.2) is 0 Å². The lowest BCUT2D eigenvalue weighted by atomic mass is 9.95. The third kappa shape index (κ3) is 4.34. The van der Waals surface area contributed by atoms with Crippen molar-refractivity contribution in [2.75, 3.05) is 19.6 Å². The van der Waals surface area contributed by atoms with Crippen LogP contribution in [0, 0.1) is 5.92 Å². The quantitative estimate of drug-likeness (QED) is 0.733. The summed E-state index contributed by atoms with van der Waals surface area (Å²) < 4.78 is 0. The highest BCUT2D eigenvalue weighted by Crippen LogP contribution is 2.18. The summed E-state index contributed by atoms with van der Waals surface area (Å²) >= 11 is 0. The summed E-state index contributed by atoms with van der Waals surface area (Å²) in [4.78, 5) is 25.2. The van der Waals surface area contributed by atoms with Crippen LogP contribution in [0.5, 0.6) is 0 Å². The van der Waals surface area contributed by atoms with Crippen LogP contribution in [0.2, 0.25) is 0 Å². The van der Waals surface area contributed by atoms with E-state index in [4.69, 9.17) is 5.73 Å². The predicted octanol–water partition coefficient (Wildman–Crippen LogP) is 0.0984. The van der Waals surface area contributed by atoms with E-state index >= 15 is 0 Å². The minimum atomic E-state index is -0.0939. The molecule has 5 heteroatoms. The van der Waals surface area contributed by atoms with E-state index in [9.17, 15) is 9.59 Å². The van der Waals surface area contributed by atoms with Gasteiger partial charge in [0.2, 0.25) is 11.8 Å². The Bertz CT molecular complexity index is 271. The van der Waals surface area contributed by atoms with Crippen molar-refractivity contribution in [1.82, 2.24) is 10.2 Å². The first-order valence-electron chi connectivity index (χ1n) is 6.35. The Morgan fingerprint density at radius 1 is 1.41 bits per heavy atom. The topological polar surface area (TPSA) is 75.4 Å². The van der Waals surface area contributed by atoms with E-state index in [0.717, 1.165) is 12.8 Å². The van der Waals surface area contributed by atoms with E-state index in [2.05, 4.69) is 5.32 Å². The molecule has 1 heterocycles. The van der Waals surface area contributed by atoms with Crippen LogP contribution in [0.1, 0.15) is 33.1 Å². The third-order valence-electron chi connectivity index (χ3n) is 3.07. The summed E-state index contributed by atoms with van der Waals surface area (Å²) in [6, 6.07) is -0.0939. The summed E-state index contributed by atoms with van der Waals surface area (Å²) in [6.07, 6.45) is 1.92. The van der Waals surface area contributed by atoms with Crippen molar-refractivity contribution in [3.05, 3.63) is 0 Å². The van der Waals surface area contributed by atoms with Gasteiger partial charge in [-0.05, 0) is 26.7 Å². The van der Waals surface area contributed by atoms with Crippen molar-refractivity contribution < 1.29 is 9.59 Å². The van der Waals surface area contributed by atoms with Crippen molar-refractivity contribution in [3.8, 4) is 0 Å². The van der Waals surface area contributed by atoms with E-state index in [0.29, 0.717) is 26.1 Å². The number of carbonyl (C=O) groups is 2. The lowest BCUT2D eigenvalue weighted by Crippen LogP contribution is -2.44. The molecule has 1 unspecified atom stereocenters. The third-order valence-corrected chi connectivity index (χ3v) is 3.07. The normalized spacial score (nSPS) is 18.9. The molecule has 5 nitrogen and oxygen atoms in total. The number of nitrogens with one attached hydrogen (secondary N) is 1. The number of carbonyl (C=O) groups excluding carboxylic acids is 2. The van der Waals surface area contributed by atoms with Gasteiger partial charge in [0, 0.05) is 38.0 Å². The number of hydrogen-bond donors (Lipinski definition) is 2. The maximum atomic E-state index is 11.8. The number of likely N-dealkylation sites (tertiary alicyclic amines) is 1. The van der Waals surface area contributed by atoms with Gasteiger partial charge in [0.05, 0.1) is 0 Å². The van der Waals surface area contributed by atoms with Crippen molar-refractivity contribution in [3.63, 3.8) is 0 Å². The second-order valence-corrected chi connectivity index (χ2v) is 4.73. The molecule has 2 amide bonds. The molecule has 1 saturated heterocycles. The zero-order valence-corrected chi connectivity index (χ0v) is 10.7. The van der Waals surface area contributed by atoms with E-state index in [1.807, 2.05) is 18.7 Å². The van der Waals surface area contributed by atoms with Gasteiger partial charge in [0.15, 0.2) is 0 Å².